The minimum Gasteiger partial charge on any atom is -0.475 e. The number of aliphatic imine (C=N–C) groups is 1. The largest absolute Gasteiger partial charge is 0.475 e. The summed E-state index contributed by atoms with van der Waals surface area (Å²) in [5.74, 6) is 0.194. The van der Waals surface area contributed by atoms with Gasteiger partial charge in [0, 0.05) is 46.0 Å². The monoisotopic (exact) mass is 531 g/mol. The molecule has 0 atom stereocenters. The number of piperidine rings is 1. The number of methoxy groups -OCH3 is 1. The minimum atomic E-state index is -4.49. The molecule has 11 heteroatoms. The molecule has 29 heavy (non-hydrogen) atoms. The van der Waals surface area contributed by atoms with E-state index in [4.69, 9.17) is 9.47 Å². The van der Waals surface area contributed by atoms with Gasteiger partial charge in [0.15, 0.2) is 5.96 Å². The molecular weight excluding hydrogens is 502 g/mol. The molecule has 2 heterocycles. The molecule has 0 aromatic carbocycles. The molecule has 1 aliphatic rings. The fourth-order valence-electron chi connectivity index (χ4n) is 2.95. The third kappa shape index (κ3) is 8.91. The summed E-state index contributed by atoms with van der Waals surface area (Å²) >= 11 is 0. The van der Waals surface area contributed by atoms with Crippen LogP contribution in [0.25, 0.3) is 0 Å². The lowest BCUT2D eigenvalue weighted by Crippen LogP contribution is -2.49. The van der Waals surface area contributed by atoms with Crippen LogP contribution in [0.5, 0.6) is 5.88 Å². The number of ether oxygens (including phenoxy) is 2. The minimum absolute atomic E-state index is 0. The molecule has 0 unspecified atom stereocenters. The van der Waals surface area contributed by atoms with Gasteiger partial charge in [0.05, 0.1) is 13.2 Å². The van der Waals surface area contributed by atoms with Crippen molar-refractivity contribution in [2.24, 2.45) is 4.99 Å². The Morgan fingerprint density at radius 3 is 2.66 bits per heavy atom. The van der Waals surface area contributed by atoms with Gasteiger partial charge in [-0.15, -0.1) is 24.0 Å². The summed E-state index contributed by atoms with van der Waals surface area (Å²) in [4.78, 5) is 10.2. The fourth-order valence-corrected chi connectivity index (χ4v) is 2.95. The van der Waals surface area contributed by atoms with E-state index in [9.17, 15) is 13.2 Å². The second kappa shape index (κ2) is 13.1. The molecule has 2 rings (SSSR count). The van der Waals surface area contributed by atoms with E-state index in [-0.39, 0.29) is 30.6 Å². The quantitative estimate of drug-likeness (QED) is 0.233. The van der Waals surface area contributed by atoms with E-state index in [0.717, 1.165) is 45.1 Å². The standard InChI is InChI=1S/C18H28F3N5O2.HI/c1-22-17(25-14-5-9-26(10-6-14)11-13-27-2)24-8-12-28-16-15(18(19,20)21)4-3-7-23-16;/h3-4,7,14H,5-6,8-13H2,1-2H3,(H2,22,24,25);1H. The lowest BCUT2D eigenvalue weighted by atomic mass is 10.1. The first-order valence-corrected chi connectivity index (χ1v) is 9.27. The summed E-state index contributed by atoms with van der Waals surface area (Å²) in [5, 5.41) is 6.41. The van der Waals surface area contributed by atoms with Gasteiger partial charge in [-0.25, -0.2) is 4.98 Å². The lowest BCUT2D eigenvalue weighted by molar-refractivity contribution is -0.139. The van der Waals surface area contributed by atoms with Gasteiger partial charge in [-0.2, -0.15) is 13.2 Å². The van der Waals surface area contributed by atoms with Gasteiger partial charge >= 0.3 is 6.18 Å². The molecule has 1 saturated heterocycles. The third-order valence-corrected chi connectivity index (χ3v) is 4.47. The van der Waals surface area contributed by atoms with Crippen molar-refractivity contribution in [3.05, 3.63) is 23.9 Å². The van der Waals surface area contributed by atoms with Crippen LogP contribution in [0.4, 0.5) is 13.2 Å². The van der Waals surface area contributed by atoms with Crippen LogP contribution in [0.3, 0.4) is 0 Å². The van der Waals surface area contributed by atoms with Gasteiger partial charge < -0.3 is 25.0 Å². The Hall–Kier alpha value is -1.34. The first kappa shape index (κ1) is 25.7. The number of rotatable bonds is 8. The molecule has 1 aromatic heterocycles. The molecule has 2 N–H and O–H groups in total. The van der Waals surface area contributed by atoms with E-state index < -0.39 is 17.6 Å². The number of nitrogens with one attached hydrogen (secondary N) is 2. The van der Waals surface area contributed by atoms with E-state index in [0.29, 0.717) is 18.5 Å². The Morgan fingerprint density at radius 2 is 2.03 bits per heavy atom. The van der Waals surface area contributed by atoms with Crippen LogP contribution in [-0.2, 0) is 10.9 Å². The van der Waals surface area contributed by atoms with Crippen LogP contribution in [0.1, 0.15) is 18.4 Å². The molecule has 0 aliphatic carbocycles. The summed E-state index contributed by atoms with van der Waals surface area (Å²) in [6, 6.07) is 2.49. The van der Waals surface area contributed by atoms with Gasteiger partial charge in [-0.05, 0) is 25.0 Å². The van der Waals surface area contributed by atoms with E-state index in [1.165, 1.54) is 12.3 Å². The average Bonchev–Trinajstić information content (AvgIpc) is 2.69. The lowest BCUT2D eigenvalue weighted by Gasteiger charge is -2.32. The van der Waals surface area contributed by atoms with Gasteiger partial charge in [0.1, 0.15) is 12.2 Å². The Morgan fingerprint density at radius 1 is 1.31 bits per heavy atom. The highest BCUT2D eigenvalue weighted by molar-refractivity contribution is 14.0. The Kier molecular flexibility index (Phi) is 11.6. The summed E-state index contributed by atoms with van der Waals surface area (Å²) in [7, 11) is 3.36. The highest BCUT2D eigenvalue weighted by atomic mass is 127. The highest BCUT2D eigenvalue weighted by Gasteiger charge is 2.35. The number of aromatic nitrogens is 1. The predicted octanol–water partition coefficient (Wildman–Crippen LogP) is 2.37. The molecule has 7 nitrogen and oxygen atoms in total. The van der Waals surface area contributed by atoms with Crippen molar-refractivity contribution in [3.8, 4) is 5.88 Å². The van der Waals surface area contributed by atoms with Crippen molar-refractivity contribution >= 4 is 29.9 Å². The maximum Gasteiger partial charge on any atom is 0.421 e. The molecule has 0 spiro atoms. The van der Waals surface area contributed by atoms with Crippen molar-refractivity contribution in [1.82, 2.24) is 20.5 Å². The van der Waals surface area contributed by atoms with E-state index >= 15 is 0 Å². The molecule has 0 amide bonds. The zero-order chi connectivity index (χ0) is 20.4. The smallest absolute Gasteiger partial charge is 0.421 e. The van der Waals surface area contributed by atoms with Crippen molar-refractivity contribution < 1.29 is 22.6 Å². The zero-order valence-electron chi connectivity index (χ0n) is 16.7. The highest BCUT2D eigenvalue weighted by Crippen LogP contribution is 2.34. The Bertz CT molecular complexity index is 626. The molecule has 0 radical (unpaired) electrons. The first-order chi connectivity index (χ1) is 13.4. The Balaban J connectivity index is 0.00000420. The number of guanidine groups is 1. The van der Waals surface area contributed by atoms with Gasteiger partial charge in [0.25, 0.3) is 0 Å². The van der Waals surface area contributed by atoms with Crippen LogP contribution in [0.15, 0.2) is 23.3 Å². The van der Waals surface area contributed by atoms with Crippen LogP contribution in [0.2, 0.25) is 0 Å². The summed E-state index contributed by atoms with van der Waals surface area (Å²) < 4.78 is 49.1. The Labute approximate surface area is 186 Å². The van der Waals surface area contributed by atoms with Crippen LogP contribution in [-0.4, -0.2) is 75.4 Å². The number of hydrogen-bond donors (Lipinski definition) is 2. The van der Waals surface area contributed by atoms with Gasteiger partial charge in [-0.1, -0.05) is 0 Å². The second-order valence-electron chi connectivity index (χ2n) is 6.45. The molecular formula is C18H29F3IN5O2. The van der Waals surface area contributed by atoms with Crippen LogP contribution in [0, 0.1) is 0 Å². The van der Waals surface area contributed by atoms with Gasteiger partial charge in [0.2, 0.25) is 5.88 Å². The van der Waals surface area contributed by atoms with Crippen molar-refractivity contribution in [2.45, 2.75) is 25.1 Å². The molecule has 1 aliphatic heterocycles. The maximum atomic E-state index is 12.9. The predicted molar refractivity (Wildman–Crippen MR) is 116 cm³/mol. The number of likely N-dealkylation sites (tertiary alicyclic amines) is 1. The average molecular weight is 531 g/mol. The normalized spacial score (nSPS) is 16.2. The summed E-state index contributed by atoms with van der Waals surface area (Å²) in [6.07, 6.45) is -1.24. The number of hydrogen-bond acceptors (Lipinski definition) is 5. The summed E-state index contributed by atoms with van der Waals surface area (Å²) in [5.41, 5.74) is -0.877. The van der Waals surface area contributed by atoms with E-state index in [1.807, 2.05) is 0 Å². The second-order valence-corrected chi connectivity index (χ2v) is 6.45. The van der Waals surface area contributed by atoms with Crippen LogP contribution < -0.4 is 15.4 Å². The third-order valence-electron chi connectivity index (χ3n) is 4.47. The van der Waals surface area contributed by atoms with E-state index in [2.05, 4.69) is 25.5 Å². The maximum absolute atomic E-state index is 12.9. The van der Waals surface area contributed by atoms with Crippen LogP contribution >= 0.6 is 24.0 Å². The van der Waals surface area contributed by atoms with Crippen molar-refractivity contribution in [2.75, 3.05) is 53.6 Å². The van der Waals surface area contributed by atoms with Gasteiger partial charge in [-0.3, -0.25) is 4.99 Å². The fraction of sp³-hybridized carbons (Fsp3) is 0.667. The first-order valence-electron chi connectivity index (χ1n) is 9.27. The van der Waals surface area contributed by atoms with Crippen molar-refractivity contribution in [3.63, 3.8) is 0 Å². The SMILES string of the molecule is CN=C(NCCOc1ncccc1C(F)(F)F)NC1CCN(CCOC)CC1.I. The zero-order valence-corrected chi connectivity index (χ0v) is 19.0. The summed E-state index contributed by atoms with van der Waals surface area (Å²) in [6.45, 7) is 3.98. The number of nitrogens with zero attached hydrogens (tertiary/aromatic N) is 3. The number of pyridine rings is 1. The molecule has 1 fully saturated rings. The number of alkyl halides is 3. The molecule has 0 saturated carbocycles. The number of halogens is 4. The molecule has 1 aromatic rings. The topological polar surface area (TPSA) is 71.0 Å². The molecule has 0 bridgehead atoms. The molecule has 166 valence electrons. The van der Waals surface area contributed by atoms with Crippen molar-refractivity contribution in [1.29, 1.82) is 0 Å². The van der Waals surface area contributed by atoms with E-state index in [1.54, 1.807) is 14.2 Å².